The van der Waals surface area contributed by atoms with Crippen LogP contribution in [0.2, 0.25) is 0 Å². The van der Waals surface area contributed by atoms with Crippen LogP contribution in [0.3, 0.4) is 0 Å². The first-order chi connectivity index (χ1) is 17.0. The molecule has 0 N–H and O–H groups in total. The first kappa shape index (κ1) is 25.1. The number of nitrogens with zero attached hydrogens (tertiary/aromatic N) is 1. The number of carbonyl (C=O) groups is 6. The van der Waals surface area contributed by atoms with Gasteiger partial charge in [0.25, 0.3) is 0 Å². The van der Waals surface area contributed by atoms with E-state index in [9.17, 15) is 28.8 Å². The van der Waals surface area contributed by atoms with Crippen LogP contribution < -0.4 is 0 Å². The molecule has 6 aliphatic rings. The first-order valence-electron chi connectivity index (χ1n) is 13.9. The molecule has 4 bridgehead atoms. The van der Waals surface area contributed by atoms with Gasteiger partial charge in [0.15, 0.2) is 0 Å². The van der Waals surface area contributed by atoms with Crippen molar-refractivity contribution in [3.63, 3.8) is 0 Å². The van der Waals surface area contributed by atoms with E-state index < -0.39 is 57.2 Å². The Balaban J connectivity index is 1.29. The van der Waals surface area contributed by atoms with Crippen LogP contribution in [0, 0.1) is 74.9 Å². The van der Waals surface area contributed by atoms with Gasteiger partial charge in [0.05, 0.1) is 24.2 Å². The van der Waals surface area contributed by atoms with Crippen molar-refractivity contribution in [1.29, 1.82) is 0 Å². The maximum absolute atomic E-state index is 14.0. The van der Waals surface area contributed by atoms with Gasteiger partial charge >= 0.3 is 0 Å². The van der Waals surface area contributed by atoms with Gasteiger partial charge in [-0.05, 0) is 53.3 Å². The Morgan fingerprint density at radius 1 is 0.676 bits per heavy atom. The molecular weight excluding hydrogens is 470 g/mol. The fourth-order valence-electron chi connectivity index (χ4n) is 11.7. The van der Waals surface area contributed by atoms with Gasteiger partial charge in [0, 0.05) is 30.7 Å². The first-order valence-corrected chi connectivity index (χ1v) is 13.9. The molecule has 1 heterocycles. The molecule has 5 saturated carbocycles. The summed E-state index contributed by atoms with van der Waals surface area (Å²) in [6.45, 7) is 13.7. The third kappa shape index (κ3) is 2.47. The number of hydrogen-bond acceptors (Lipinski definition) is 6. The van der Waals surface area contributed by atoms with Gasteiger partial charge in [0.2, 0.25) is 11.8 Å². The molecule has 7 heteroatoms. The topological polar surface area (TPSA) is 106 Å². The predicted octanol–water partition coefficient (Wildman–Crippen LogP) is 3.13. The lowest BCUT2D eigenvalue weighted by atomic mass is 9.56. The predicted molar refractivity (Wildman–Crippen MR) is 133 cm³/mol. The Morgan fingerprint density at radius 3 is 1.49 bits per heavy atom. The Hall–Kier alpha value is -2.18. The molecule has 13 unspecified atom stereocenters. The normalized spacial score (nSPS) is 55.5. The lowest BCUT2D eigenvalue weighted by Crippen LogP contribution is -2.50. The molecule has 6 rings (SSSR count). The summed E-state index contributed by atoms with van der Waals surface area (Å²) in [6, 6.07) is 0. The smallest absolute Gasteiger partial charge is 0.233 e. The van der Waals surface area contributed by atoms with Gasteiger partial charge in [-0.1, -0.05) is 41.5 Å². The van der Waals surface area contributed by atoms with Gasteiger partial charge in [0.1, 0.15) is 23.1 Å². The van der Waals surface area contributed by atoms with E-state index in [4.69, 9.17) is 0 Å². The molecule has 0 aromatic rings. The largest absolute Gasteiger partial charge is 0.299 e. The van der Waals surface area contributed by atoms with Crippen molar-refractivity contribution in [3.8, 4) is 0 Å². The average molecular weight is 510 g/mol. The third-order valence-corrected chi connectivity index (χ3v) is 13.2. The molecule has 6 fully saturated rings. The van der Waals surface area contributed by atoms with Crippen LogP contribution in [0.25, 0.3) is 0 Å². The van der Waals surface area contributed by atoms with E-state index in [0.717, 1.165) is 0 Å². The number of hydrogen-bond donors (Lipinski definition) is 0. The molecule has 7 nitrogen and oxygen atoms in total. The number of imide groups is 1. The summed E-state index contributed by atoms with van der Waals surface area (Å²) >= 11 is 0. The maximum atomic E-state index is 14.0. The van der Waals surface area contributed by atoms with Crippen LogP contribution >= 0.6 is 0 Å². The molecular formula is C30H39NO6. The highest BCUT2D eigenvalue weighted by atomic mass is 16.2. The molecule has 37 heavy (non-hydrogen) atoms. The third-order valence-electron chi connectivity index (χ3n) is 13.2. The zero-order chi connectivity index (χ0) is 27.4. The minimum absolute atomic E-state index is 0.0160. The van der Waals surface area contributed by atoms with E-state index in [1.807, 2.05) is 34.6 Å². The molecule has 200 valence electrons. The second-order valence-corrected chi connectivity index (χ2v) is 14.7. The van der Waals surface area contributed by atoms with Gasteiger partial charge < -0.3 is 0 Å². The number of likely N-dealkylation sites (tertiary alicyclic amines) is 1. The number of amides is 2. The second kappa shape index (κ2) is 6.87. The van der Waals surface area contributed by atoms with Crippen molar-refractivity contribution >= 4 is 34.9 Å². The van der Waals surface area contributed by atoms with Crippen molar-refractivity contribution in [1.82, 2.24) is 4.90 Å². The summed E-state index contributed by atoms with van der Waals surface area (Å²) in [4.78, 5) is 81.4. The summed E-state index contributed by atoms with van der Waals surface area (Å²) in [6.07, 6.45) is 1.06. The molecule has 5 aliphatic carbocycles. The van der Waals surface area contributed by atoms with E-state index in [1.54, 1.807) is 6.92 Å². The summed E-state index contributed by atoms with van der Waals surface area (Å²) < 4.78 is 0. The monoisotopic (exact) mass is 509 g/mol. The lowest BCUT2D eigenvalue weighted by molar-refractivity contribution is -0.145. The van der Waals surface area contributed by atoms with Crippen LogP contribution in [-0.4, -0.2) is 46.9 Å². The number of rotatable bonds is 4. The molecule has 2 amide bonds. The SMILES string of the molecule is CC1C(=O)C2C(C1=O)C1(C)CC2(C)C(C)C1C(=O)CC(=O)C1C(C)C2(C)CC1(C)C1C(=O)N(C)C(=O)C12. The molecule has 0 spiro atoms. The number of fused-ring (bicyclic) bond motifs is 10. The zero-order valence-electron chi connectivity index (χ0n) is 23.2. The van der Waals surface area contributed by atoms with Crippen molar-refractivity contribution < 1.29 is 28.8 Å². The summed E-state index contributed by atoms with van der Waals surface area (Å²) in [5, 5.41) is 0. The van der Waals surface area contributed by atoms with Crippen molar-refractivity contribution in [2.45, 2.75) is 67.7 Å². The highest BCUT2D eigenvalue weighted by molar-refractivity contribution is 6.13. The Bertz CT molecular complexity index is 1130. The zero-order valence-corrected chi connectivity index (χ0v) is 23.2. The summed E-state index contributed by atoms with van der Waals surface area (Å²) in [7, 11) is 1.53. The maximum Gasteiger partial charge on any atom is 0.233 e. The van der Waals surface area contributed by atoms with Crippen LogP contribution in [-0.2, 0) is 28.8 Å². The Labute approximate surface area is 218 Å². The fraction of sp³-hybridized carbons (Fsp3) is 0.800. The quantitative estimate of drug-likeness (QED) is 0.426. The Morgan fingerprint density at radius 2 is 1.03 bits per heavy atom. The minimum Gasteiger partial charge on any atom is -0.299 e. The van der Waals surface area contributed by atoms with Gasteiger partial charge in [-0.15, -0.1) is 0 Å². The van der Waals surface area contributed by atoms with Crippen LogP contribution in [0.4, 0.5) is 0 Å². The van der Waals surface area contributed by atoms with Crippen molar-refractivity contribution in [2.24, 2.45) is 74.9 Å². The van der Waals surface area contributed by atoms with E-state index in [1.165, 1.54) is 11.9 Å². The lowest BCUT2D eigenvalue weighted by Gasteiger charge is -2.45. The highest BCUT2D eigenvalue weighted by Gasteiger charge is 2.78. The van der Waals surface area contributed by atoms with Gasteiger partial charge in [-0.3, -0.25) is 33.7 Å². The summed E-state index contributed by atoms with van der Waals surface area (Å²) in [5.74, 6) is -4.10. The molecule has 1 aliphatic heterocycles. The number of Topliss-reactive ketones (excluding diaryl/α,β-unsaturated/α-hetero) is 4. The van der Waals surface area contributed by atoms with Crippen molar-refractivity contribution in [3.05, 3.63) is 0 Å². The number of carbonyl (C=O) groups excluding carboxylic acids is 6. The average Bonchev–Trinajstić information content (AvgIpc) is 3.48. The van der Waals surface area contributed by atoms with Crippen LogP contribution in [0.5, 0.6) is 0 Å². The molecule has 1 saturated heterocycles. The standard InChI is InChI=1S/C30H39NO6/c1-12-23(34)19-20(24(12)35)29(6)10-27(19,4)13(2)17(29)15(32)9-16(33)18-14(3)28(5)11-30(18,7)22-21(28)25(36)31(8)26(22)37/h12-14,17-22H,9-11H2,1-8H3. The molecule has 13 atom stereocenters. The van der Waals surface area contributed by atoms with Crippen LogP contribution in [0.15, 0.2) is 0 Å². The minimum atomic E-state index is -0.655. The van der Waals surface area contributed by atoms with E-state index in [0.29, 0.717) is 12.8 Å². The van der Waals surface area contributed by atoms with E-state index >= 15 is 0 Å². The molecule has 0 radical (unpaired) electrons. The summed E-state index contributed by atoms with van der Waals surface area (Å²) in [5.41, 5.74) is -2.16. The highest BCUT2D eigenvalue weighted by Crippen LogP contribution is 2.76. The fourth-order valence-corrected chi connectivity index (χ4v) is 11.7. The van der Waals surface area contributed by atoms with Crippen LogP contribution in [0.1, 0.15) is 67.7 Å². The van der Waals surface area contributed by atoms with Gasteiger partial charge in [-0.25, -0.2) is 0 Å². The van der Waals surface area contributed by atoms with Gasteiger partial charge in [-0.2, -0.15) is 0 Å². The van der Waals surface area contributed by atoms with E-state index in [2.05, 4.69) is 6.92 Å². The Kier molecular flexibility index (Phi) is 4.66. The number of ketones is 4. The molecule has 0 aromatic heterocycles. The van der Waals surface area contributed by atoms with E-state index in [-0.39, 0.29) is 59.1 Å². The van der Waals surface area contributed by atoms with Crippen molar-refractivity contribution in [2.75, 3.05) is 7.05 Å². The molecule has 0 aromatic carbocycles. The second-order valence-electron chi connectivity index (χ2n) is 14.7.